The van der Waals surface area contributed by atoms with E-state index in [2.05, 4.69) is 103 Å². The number of carboxylic acid groups (broad SMARTS) is 2. The second kappa shape index (κ2) is 29.9. The molecule has 406 valence electrons. The molecule has 0 bridgehead atoms. The van der Waals surface area contributed by atoms with Crippen molar-refractivity contribution in [2.75, 3.05) is 0 Å². The van der Waals surface area contributed by atoms with Crippen LogP contribution in [-0.2, 0) is 64.8 Å². The summed E-state index contributed by atoms with van der Waals surface area (Å²) in [4.78, 5) is 36.4. The van der Waals surface area contributed by atoms with Crippen molar-refractivity contribution in [2.24, 2.45) is 20.0 Å². The van der Waals surface area contributed by atoms with Gasteiger partial charge in [0, 0.05) is 94.5 Å². The standard InChI is InChI=1S/2C28H32N2O2.2C2H4O2.CH4.2Co/c2*1-27(2,3)21-11-13-25(31)19(15-21)17-29-23-9-7-8-10-24(23)30-18-20-16-22(28(4,5)6)12-14-26(20)32;2*1-2(3)4;;;/h2*7-18,31-32H,1-6H3;2*1H3,(H,3,4);1H4;;. The van der Waals surface area contributed by atoms with Gasteiger partial charge in [0.25, 0.3) is 11.9 Å². The van der Waals surface area contributed by atoms with Crippen LogP contribution in [0, 0.1) is 0 Å². The van der Waals surface area contributed by atoms with Crippen LogP contribution in [0.3, 0.4) is 0 Å². The Morgan fingerprint density at radius 2 is 0.520 bits per heavy atom. The van der Waals surface area contributed by atoms with E-state index < -0.39 is 11.9 Å². The van der Waals surface area contributed by atoms with E-state index in [0.717, 1.165) is 36.1 Å². The summed E-state index contributed by atoms with van der Waals surface area (Å²) in [6.45, 7) is 27.8. The number of hydrogen-bond donors (Lipinski definition) is 6. The number of rotatable bonds is 8. The summed E-state index contributed by atoms with van der Waals surface area (Å²) >= 11 is 0. The molecule has 14 heteroatoms. The largest absolute Gasteiger partial charge is 0.507 e. The van der Waals surface area contributed by atoms with Gasteiger partial charge in [-0.25, -0.2) is 0 Å². The summed E-state index contributed by atoms with van der Waals surface area (Å²) in [7, 11) is 0. The minimum Gasteiger partial charge on any atom is -0.507 e. The summed E-state index contributed by atoms with van der Waals surface area (Å²) in [6.07, 6.45) is 6.65. The zero-order valence-corrected chi connectivity index (χ0v) is 46.9. The van der Waals surface area contributed by atoms with Crippen LogP contribution >= 0.6 is 0 Å². The monoisotopic (exact) mass is 1110 g/mol. The van der Waals surface area contributed by atoms with E-state index in [1.54, 1.807) is 49.1 Å². The fourth-order valence-corrected chi connectivity index (χ4v) is 6.42. The van der Waals surface area contributed by atoms with Gasteiger partial charge in [-0.2, -0.15) is 0 Å². The number of phenols is 4. The molecule has 0 amide bonds. The number of nitrogens with zero attached hydrogens (tertiary/aromatic N) is 4. The van der Waals surface area contributed by atoms with Crippen molar-refractivity contribution >= 4 is 59.5 Å². The van der Waals surface area contributed by atoms with Crippen LogP contribution < -0.4 is 0 Å². The molecule has 75 heavy (non-hydrogen) atoms. The molecule has 0 aliphatic rings. The summed E-state index contributed by atoms with van der Waals surface area (Å²) in [5.74, 6) is -0.920. The Kier molecular flexibility index (Phi) is 27.2. The Hall–Kier alpha value is -6.85. The van der Waals surface area contributed by atoms with Gasteiger partial charge >= 0.3 is 0 Å². The summed E-state index contributed by atoms with van der Waals surface area (Å²) in [5.41, 5.74) is 9.73. The zero-order chi connectivity index (χ0) is 54.2. The fourth-order valence-electron chi connectivity index (χ4n) is 6.42. The Bertz CT molecular complexity index is 2540. The second-order valence-corrected chi connectivity index (χ2v) is 21.1. The molecule has 0 aliphatic carbocycles. The van der Waals surface area contributed by atoms with Crippen LogP contribution in [0.1, 0.15) is 149 Å². The molecule has 0 aromatic heterocycles. The van der Waals surface area contributed by atoms with Gasteiger partial charge in [0.2, 0.25) is 0 Å². The van der Waals surface area contributed by atoms with Crippen molar-refractivity contribution in [3.05, 3.63) is 166 Å². The molecule has 0 fully saturated rings. The predicted molar refractivity (Wildman–Crippen MR) is 302 cm³/mol. The van der Waals surface area contributed by atoms with Gasteiger partial charge in [-0.15, -0.1) is 0 Å². The molecule has 6 aromatic rings. The number of hydrogen-bond acceptors (Lipinski definition) is 10. The minimum atomic E-state index is -0.833. The summed E-state index contributed by atoms with van der Waals surface area (Å²) in [5, 5.41) is 55.9. The van der Waals surface area contributed by atoms with Gasteiger partial charge in [0.1, 0.15) is 23.0 Å². The number of aromatic hydroxyl groups is 4. The van der Waals surface area contributed by atoms with Crippen molar-refractivity contribution in [1.82, 2.24) is 0 Å². The molecule has 0 saturated heterocycles. The smallest absolute Gasteiger partial charge is 0.300 e. The van der Waals surface area contributed by atoms with Gasteiger partial charge in [0.15, 0.2) is 0 Å². The number of carbonyl (C=O) groups is 2. The van der Waals surface area contributed by atoms with Gasteiger partial charge in [-0.05, 0) is 117 Å². The Labute approximate surface area is 465 Å². The Morgan fingerprint density at radius 3 is 0.667 bits per heavy atom. The summed E-state index contributed by atoms with van der Waals surface area (Å²) < 4.78 is 0. The van der Waals surface area contributed by atoms with E-state index in [9.17, 15) is 20.4 Å². The van der Waals surface area contributed by atoms with Crippen molar-refractivity contribution in [1.29, 1.82) is 0 Å². The van der Waals surface area contributed by atoms with Crippen molar-refractivity contribution in [2.45, 2.75) is 126 Å². The van der Waals surface area contributed by atoms with Crippen LogP contribution in [0.2, 0.25) is 0 Å². The maximum atomic E-state index is 10.3. The van der Waals surface area contributed by atoms with Crippen LogP contribution in [0.25, 0.3) is 0 Å². The third-order valence-electron chi connectivity index (χ3n) is 10.7. The maximum absolute atomic E-state index is 10.3. The third-order valence-corrected chi connectivity index (χ3v) is 10.7. The molecule has 2 radical (unpaired) electrons. The minimum absolute atomic E-state index is 0. The fraction of sp³-hybridized carbons (Fsp3) is 0.311. The quantitative estimate of drug-likeness (QED) is 0.0807. The van der Waals surface area contributed by atoms with Gasteiger partial charge < -0.3 is 30.6 Å². The number of benzene rings is 6. The SMILES string of the molecule is C.CC(=O)O.CC(=O)O.CC(C)(C)c1ccc(O)c(C=Nc2ccccc2N=Cc2cc(C(C)(C)C)ccc2O)c1.CC(C)(C)c1ccc(O)c(C=Nc2ccccc2N=Cc2cc(C(C)(C)C)ccc2O)c1.[Co].[Co]. The maximum Gasteiger partial charge on any atom is 0.300 e. The van der Waals surface area contributed by atoms with E-state index in [1.165, 1.54) is 0 Å². The molecule has 0 atom stereocenters. The molecule has 6 rings (SSSR count). The molecule has 6 aromatic carbocycles. The first-order valence-corrected chi connectivity index (χ1v) is 23.4. The Balaban J connectivity index is 0.00000123. The molecule has 12 nitrogen and oxygen atoms in total. The zero-order valence-electron chi connectivity index (χ0n) is 44.8. The first-order valence-electron chi connectivity index (χ1n) is 23.4. The molecular formula is C61H76Co2N4O8. The average Bonchev–Trinajstić information content (AvgIpc) is 3.27. The molecule has 0 unspecified atom stereocenters. The number of para-hydroxylation sites is 4. The van der Waals surface area contributed by atoms with Crippen LogP contribution in [-0.4, -0.2) is 67.4 Å². The van der Waals surface area contributed by atoms with E-state index in [-0.39, 0.29) is 85.6 Å². The first kappa shape index (κ1) is 68.2. The Morgan fingerprint density at radius 1 is 0.360 bits per heavy atom. The molecule has 0 heterocycles. The van der Waals surface area contributed by atoms with Gasteiger partial charge in [-0.3, -0.25) is 29.6 Å². The summed E-state index contributed by atoms with van der Waals surface area (Å²) in [6, 6.07) is 37.5. The van der Waals surface area contributed by atoms with Crippen LogP contribution in [0.4, 0.5) is 22.7 Å². The number of aliphatic imine (C=N–C) groups is 4. The van der Waals surface area contributed by atoms with Gasteiger partial charge in [0.05, 0.1) is 22.7 Å². The van der Waals surface area contributed by atoms with E-state index in [1.807, 2.05) is 97.1 Å². The normalized spacial score (nSPS) is 11.5. The van der Waals surface area contributed by atoms with Crippen molar-refractivity contribution < 1.29 is 73.8 Å². The topological polar surface area (TPSA) is 205 Å². The van der Waals surface area contributed by atoms with Crippen LogP contribution in [0.5, 0.6) is 23.0 Å². The van der Waals surface area contributed by atoms with Gasteiger partial charge in [-0.1, -0.05) is 139 Å². The molecular weight excluding hydrogens is 1030 g/mol. The first-order chi connectivity index (χ1) is 33.4. The molecule has 0 spiro atoms. The molecule has 0 aliphatic heterocycles. The van der Waals surface area contributed by atoms with E-state index >= 15 is 0 Å². The van der Waals surface area contributed by atoms with E-state index in [0.29, 0.717) is 45.0 Å². The van der Waals surface area contributed by atoms with Crippen molar-refractivity contribution in [3.8, 4) is 23.0 Å². The predicted octanol–water partition coefficient (Wildman–Crippen LogP) is 15.2. The van der Waals surface area contributed by atoms with Crippen LogP contribution in [0.15, 0.2) is 141 Å². The third kappa shape index (κ3) is 23.1. The van der Waals surface area contributed by atoms with Crippen molar-refractivity contribution in [3.63, 3.8) is 0 Å². The number of carboxylic acids is 2. The number of phenolic OH excluding ortho intramolecular Hbond substituents is 4. The average molecular weight is 1110 g/mol. The second-order valence-electron chi connectivity index (χ2n) is 21.1. The molecule has 0 saturated carbocycles. The number of aliphatic carboxylic acids is 2. The van der Waals surface area contributed by atoms with E-state index in [4.69, 9.17) is 19.8 Å². The molecule has 6 N–H and O–H groups in total.